The number of carbonyl (C=O) groups excluding carboxylic acids is 1. The molecule has 1 fully saturated rings. The lowest BCUT2D eigenvalue weighted by Crippen LogP contribution is -2.14. The molecular formula is C13H20O2. The van der Waals surface area contributed by atoms with Crippen molar-refractivity contribution in [2.24, 2.45) is 16.7 Å². The Kier molecular flexibility index (Phi) is 2.21. The number of rotatable bonds is 2. The van der Waals surface area contributed by atoms with Gasteiger partial charge in [-0.1, -0.05) is 27.7 Å². The summed E-state index contributed by atoms with van der Waals surface area (Å²) in [7, 11) is 0. The van der Waals surface area contributed by atoms with Crippen LogP contribution in [0.1, 0.15) is 40.5 Å². The lowest BCUT2D eigenvalue weighted by molar-refractivity contribution is -0.118. The van der Waals surface area contributed by atoms with Crippen LogP contribution >= 0.6 is 0 Å². The van der Waals surface area contributed by atoms with Crippen LogP contribution in [0.3, 0.4) is 0 Å². The van der Waals surface area contributed by atoms with Crippen molar-refractivity contribution in [1.29, 1.82) is 0 Å². The topological polar surface area (TPSA) is 26.3 Å². The molecule has 1 heterocycles. The van der Waals surface area contributed by atoms with Crippen molar-refractivity contribution in [2.75, 3.05) is 6.61 Å². The van der Waals surface area contributed by atoms with E-state index < -0.39 is 0 Å². The predicted molar refractivity (Wildman–Crippen MR) is 59.3 cm³/mol. The number of hydrogen-bond acceptors (Lipinski definition) is 2. The van der Waals surface area contributed by atoms with Crippen LogP contribution in [0.5, 0.6) is 0 Å². The lowest BCUT2D eigenvalue weighted by Gasteiger charge is -2.13. The van der Waals surface area contributed by atoms with E-state index in [0.29, 0.717) is 5.78 Å². The highest BCUT2D eigenvalue weighted by atomic mass is 16.5. The largest absolute Gasteiger partial charge is 0.501 e. The molecule has 84 valence electrons. The lowest BCUT2D eigenvalue weighted by atomic mass is 9.98. The molecule has 1 aliphatic heterocycles. The minimum absolute atomic E-state index is 0.141. The van der Waals surface area contributed by atoms with E-state index in [0.717, 1.165) is 25.0 Å². The van der Waals surface area contributed by atoms with Gasteiger partial charge in [0.15, 0.2) is 5.78 Å². The van der Waals surface area contributed by atoms with Crippen LogP contribution in [0.4, 0.5) is 0 Å². The second kappa shape index (κ2) is 3.10. The fraction of sp³-hybridized carbons (Fsp3) is 0.769. The molecule has 0 N–H and O–H groups in total. The molecule has 0 unspecified atom stereocenters. The van der Waals surface area contributed by atoms with E-state index in [2.05, 4.69) is 27.7 Å². The van der Waals surface area contributed by atoms with Crippen molar-refractivity contribution in [3.05, 3.63) is 11.8 Å². The van der Waals surface area contributed by atoms with Gasteiger partial charge < -0.3 is 4.74 Å². The summed E-state index contributed by atoms with van der Waals surface area (Å²) in [4.78, 5) is 12.2. The molecule has 0 spiro atoms. The van der Waals surface area contributed by atoms with Crippen molar-refractivity contribution < 1.29 is 9.53 Å². The van der Waals surface area contributed by atoms with Crippen LogP contribution < -0.4 is 0 Å². The number of Topliss-reactive ketones (excluding diaryl/α,β-unsaturated/α-hetero) is 1. The highest BCUT2D eigenvalue weighted by Crippen LogP contribution is 2.69. The van der Waals surface area contributed by atoms with Gasteiger partial charge in [-0.25, -0.2) is 0 Å². The van der Waals surface area contributed by atoms with Gasteiger partial charge in [-0.15, -0.1) is 0 Å². The summed E-state index contributed by atoms with van der Waals surface area (Å²) in [5.41, 5.74) is 1.18. The number of allylic oxidation sites excluding steroid dienone is 1. The second-order valence-corrected chi connectivity index (χ2v) is 5.86. The van der Waals surface area contributed by atoms with Crippen LogP contribution in [0.25, 0.3) is 0 Å². The highest BCUT2D eigenvalue weighted by molar-refractivity contribution is 6.00. The maximum Gasteiger partial charge on any atom is 0.166 e. The third-order valence-corrected chi connectivity index (χ3v) is 4.53. The van der Waals surface area contributed by atoms with Gasteiger partial charge in [0.25, 0.3) is 0 Å². The Morgan fingerprint density at radius 3 is 2.33 bits per heavy atom. The third kappa shape index (κ3) is 1.42. The van der Waals surface area contributed by atoms with Gasteiger partial charge in [0.05, 0.1) is 12.9 Å². The second-order valence-electron chi connectivity index (χ2n) is 5.86. The van der Waals surface area contributed by atoms with E-state index >= 15 is 0 Å². The molecular weight excluding hydrogens is 188 g/mol. The summed E-state index contributed by atoms with van der Waals surface area (Å²) >= 11 is 0. The van der Waals surface area contributed by atoms with Gasteiger partial charge in [-0.3, -0.25) is 4.79 Å². The quantitative estimate of drug-likeness (QED) is 0.697. The van der Waals surface area contributed by atoms with Crippen LogP contribution in [0, 0.1) is 16.7 Å². The van der Waals surface area contributed by atoms with Crippen molar-refractivity contribution >= 4 is 5.78 Å². The van der Waals surface area contributed by atoms with Crippen molar-refractivity contribution in [3.63, 3.8) is 0 Å². The van der Waals surface area contributed by atoms with Gasteiger partial charge in [-0.2, -0.15) is 0 Å². The van der Waals surface area contributed by atoms with Crippen LogP contribution in [-0.2, 0) is 9.53 Å². The molecule has 0 saturated heterocycles. The van der Waals surface area contributed by atoms with Crippen molar-refractivity contribution in [2.45, 2.75) is 40.5 Å². The molecule has 1 saturated carbocycles. The van der Waals surface area contributed by atoms with Gasteiger partial charge in [0.1, 0.15) is 0 Å². The van der Waals surface area contributed by atoms with Crippen molar-refractivity contribution in [1.82, 2.24) is 0 Å². The molecule has 0 aromatic rings. The summed E-state index contributed by atoms with van der Waals surface area (Å²) in [6, 6.07) is 0. The van der Waals surface area contributed by atoms with E-state index in [1.807, 2.05) is 0 Å². The first-order valence-electron chi connectivity index (χ1n) is 5.74. The van der Waals surface area contributed by atoms with E-state index in [9.17, 15) is 4.79 Å². The van der Waals surface area contributed by atoms with Gasteiger partial charge in [0, 0.05) is 11.5 Å². The van der Waals surface area contributed by atoms with Gasteiger partial charge in [0.2, 0.25) is 0 Å². The standard InChI is InChI=1S/C13H20O2/c1-12(2)11(13(12,3)4)10(14)9-6-5-7-15-8-9/h8,11H,5-7H2,1-4H3. The minimum atomic E-state index is 0.141. The zero-order valence-electron chi connectivity index (χ0n) is 10.1. The maximum atomic E-state index is 12.2. The molecule has 2 nitrogen and oxygen atoms in total. The Bertz CT molecular complexity index is 309. The van der Waals surface area contributed by atoms with Gasteiger partial charge >= 0.3 is 0 Å². The van der Waals surface area contributed by atoms with Crippen LogP contribution in [-0.4, -0.2) is 12.4 Å². The first-order valence-corrected chi connectivity index (χ1v) is 5.74. The molecule has 0 amide bonds. The third-order valence-electron chi connectivity index (χ3n) is 4.53. The number of ketones is 1. The summed E-state index contributed by atoms with van der Waals surface area (Å²) in [5, 5.41) is 0. The maximum absolute atomic E-state index is 12.2. The average Bonchev–Trinajstić information content (AvgIpc) is 2.58. The summed E-state index contributed by atoms with van der Waals surface area (Å²) < 4.78 is 5.23. The molecule has 2 heteroatoms. The molecule has 1 aliphatic carbocycles. The summed E-state index contributed by atoms with van der Waals surface area (Å²) in [6.07, 6.45) is 3.54. The zero-order valence-corrected chi connectivity index (χ0v) is 10.1. The van der Waals surface area contributed by atoms with E-state index in [4.69, 9.17) is 4.74 Å². The van der Waals surface area contributed by atoms with E-state index in [1.165, 1.54) is 0 Å². The number of ether oxygens (including phenoxy) is 1. The smallest absolute Gasteiger partial charge is 0.166 e. The fourth-order valence-corrected chi connectivity index (χ4v) is 2.78. The molecule has 15 heavy (non-hydrogen) atoms. The molecule has 0 bridgehead atoms. The Labute approximate surface area is 91.7 Å². The Morgan fingerprint density at radius 1 is 1.33 bits per heavy atom. The molecule has 2 aliphatic rings. The van der Waals surface area contributed by atoms with E-state index in [-0.39, 0.29) is 16.7 Å². The molecule has 0 aromatic carbocycles. The molecule has 2 rings (SSSR count). The average molecular weight is 208 g/mol. The normalized spacial score (nSPS) is 27.9. The first kappa shape index (κ1) is 10.7. The predicted octanol–water partition coefficient (Wildman–Crippen LogP) is 2.93. The zero-order chi connectivity index (χ0) is 11.3. The Hall–Kier alpha value is -0.790. The molecule has 0 aromatic heterocycles. The fourth-order valence-electron chi connectivity index (χ4n) is 2.78. The minimum Gasteiger partial charge on any atom is -0.501 e. The van der Waals surface area contributed by atoms with E-state index in [1.54, 1.807) is 6.26 Å². The van der Waals surface area contributed by atoms with Crippen molar-refractivity contribution in [3.8, 4) is 0 Å². The van der Waals surface area contributed by atoms with Crippen LogP contribution in [0.2, 0.25) is 0 Å². The Balaban J connectivity index is 2.14. The monoisotopic (exact) mass is 208 g/mol. The SMILES string of the molecule is CC1(C)C(C(=O)C2=COCCC2)C1(C)C. The molecule has 0 radical (unpaired) electrons. The number of hydrogen-bond donors (Lipinski definition) is 0. The highest BCUT2D eigenvalue weighted by Gasteiger charge is 2.68. The molecule has 0 atom stereocenters. The van der Waals surface area contributed by atoms with Gasteiger partial charge in [-0.05, 0) is 23.7 Å². The Morgan fingerprint density at radius 2 is 1.93 bits per heavy atom. The first-order chi connectivity index (χ1) is 6.89. The number of carbonyl (C=O) groups is 1. The summed E-state index contributed by atoms with van der Waals surface area (Å²) in [6.45, 7) is 9.48. The van der Waals surface area contributed by atoms with Crippen LogP contribution in [0.15, 0.2) is 11.8 Å². The summed E-state index contributed by atoms with van der Waals surface area (Å²) in [5.74, 6) is 0.489.